The molecule has 0 spiro atoms. The molecule has 0 aliphatic carbocycles. The zero-order valence-electron chi connectivity index (χ0n) is 13.2. The summed E-state index contributed by atoms with van der Waals surface area (Å²) in [7, 11) is 1.71. The van der Waals surface area contributed by atoms with Crippen molar-refractivity contribution >= 4 is 11.6 Å². The van der Waals surface area contributed by atoms with Crippen LogP contribution in [0.2, 0.25) is 0 Å². The first kappa shape index (κ1) is 17.1. The fraction of sp³-hybridized carbons (Fsp3) is 0.533. The van der Waals surface area contributed by atoms with E-state index in [-0.39, 0.29) is 17.6 Å². The predicted octanol–water partition coefficient (Wildman–Crippen LogP) is 2.50. The molecule has 1 atom stereocenters. The largest absolute Gasteiger partial charge is 0.337 e. The van der Waals surface area contributed by atoms with Gasteiger partial charge in [-0.2, -0.15) is 0 Å². The Morgan fingerprint density at radius 2 is 2.10 bits per heavy atom. The first-order chi connectivity index (χ1) is 9.70. The molecule has 0 fully saturated rings. The smallest absolute Gasteiger partial charge is 0.269 e. The Labute approximate surface area is 125 Å². The summed E-state index contributed by atoms with van der Waals surface area (Å²) in [6, 6.07) is 6.14. The first-order valence-corrected chi connectivity index (χ1v) is 6.97. The highest BCUT2D eigenvalue weighted by Crippen LogP contribution is 2.24. The number of likely N-dealkylation sites (N-methyl/N-ethyl adjacent to an activating group) is 2. The Hall–Kier alpha value is -1.95. The van der Waals surface area contributed by atoms with Crippen LogP contribution in [0.3, 0.4) is 0 Å². The molecule has 0 saturated heterocycles. The number of nitro benzene ring substituents is 1. The fourth-order valence-corrected chi connectivity index (χ4v) is 2.26. The number of amides is 1. The highest BCUT2D eigenvalue weighted by Gasteiger charge is 2.32. The van der Waals surface area contributed by atoms with Crippen LogP contribution in [0, 0.1) is 10.1 Å². The van der Waals surface area contributed by atoms with Crippen LogP contribution in [0.25, 0.3) is 0 Å². The minimum absolute atomic E-state index is 0.0335. The van der Waals surface area contributed by atoms with Gasteiger partial charge in [-0.3, -0.25) is 14.9 Å². The zero-order valence-corrected chi connectivity index (χ0v) is 13.2. The molecule has 0 aromatic heterocycles. The molecular weight excluding hydrogens is 270 g/mol. The Morgan fingerprint density at radius 1 is 1.48 bits per heavy atom. The second kappa shape index (κ2) is 6.67. The maximum Gasteiger partial charge on any atom is 0.269 e. The molecule has 1 amide bonds. The van der Waals surface area contributed by atoms with Gasteiger partial charge in [0.2, 0.25) is 5.91 Å². The van der Waals surface area contributed by atoms with E-state index in [4.69, 9.17) is 0 Å². The molecule has 1 aromatic carbocycles. The number of nitrogens with zero attached hydrogens (tertiary/aromatic N) is 2. The fourth-order valence-electron chi connectivity index (χ4n) is 2.26. The van der Waals surface area contributed by atoms with Crippen molar-refractivity contribution in [1.82, 2.24) is 10.2 Å². The van der Waals surface area contributed by atoms with Gasteiger partial charge < -0.3 is 10.2 Å². The molecule has 0 bridgehead atoms. The van der Waals surface area contributed by atoms with Gasteiger partial charge in [-0.25, -0.2) is 0 Å². The molecule has 0 aliphatic heterocycles. The molecule has 1 rings (SSSR count). The average molecular weight is 293 g/mol. The van der Waals surface area contributed by atoms with Gasteiger partial charge in [-0.05, 0) is 32.9 Å². The summed E-state index contributed by atoms with van der Waals surface area (Å²) >= 11 is 0. The molecule has 116 valence electrons. The van der Waals surface area contributed by atoms with Crippen molar-refractivity contribution < 1.29 is 9.72 Å². The zero-order chi connectivity index (χ0) is 16.2. The second-order valence-electron chi connectivity index (χ2n) is 5.60. The number of nitrogens with one attached hydrogen (secondary N) is 1. The van der Waals surface area contributed by atoms with Crippen LogP contribution >= 0.6 is 0 Å². The number of non-ortho nitro benzene ring substituents is 1. The summed E-state index contributed by atoms with van der Waals surface area (Å²) < 4.78 is 0. The summed E-state index contributed by atoms with van der Waals surface area (Å²) in [6.07, 6.45) is 0. The van der Waals surface area contributed by atoms with Crippen LogP contribution < -0.4 is 5.32 Å². The summed E-state index contributed by atoms with van der Waals surface area (Å²) in [5.41, 5.74) is 0.108. The van der Waals surface area contributed by atoms with Gasteiger partial charge in [0.25, 0.3) is 5.69 Å². The molecule has 1 unspecified atom stereocenters. The Kier molecular flexibility index (Phi) is 5.43. The quantitative estimate of drug-likeness (QED) is 0.646. The van der Waals surface area contributed by atoms with Crippen LogP contribution in [0.1, 0.15) is 39.3 Å². The van der Waals surface area contributed by atoms with E-state index in [1.54, 1.807) is 24.1 Å². The van der Waals surface area contributed by atoms with E-state index in [2.05, 4.69) is 5.32 Å². The lowest BCUT2D eigenvalue weighted by Gasteiger charge is -2.33. The first-order valence-electron chi connectivity index (χ1n) is 6.97. The van der Waals surface area contributed by atoms with Crippen LogP contribution in [-0.4, -0.2) is 34.9 Å². The number of benzene rings is 1. The maximum atomic E-state index is 12.5. The highest BCUT2D eigenvalue weighted by molar-refractivity contribution is 5.85. The summed E-state index contributed by atoms with van der Waals surface area (Å²) in [6.45, 7) is 8.15. The molecule has 0 saturated carbocycles. The predicted molar refractivity (Wildman–Crippen MR) is 82.0 cm³/mol. The number of rotatable bonds is 6. The third-order valence-electron chi connectivity index (χ3n) is 3.62. The van der Waals surface area contributed by atoms with E-state index in [9.17, 15) is 14.9 Å². The van der Waals surface area contributed by atoms with Crippen LogP contribution in [-0.2, 0) is 4.79 Å². The number of carbonyl (C=O) groups is 1. The van der Waals surface area contributed by atoms with E-state index in [0.717, 1.165) is 5.56 Å². The Morgan fingerprint density at radius 3 is 2.62 bits per heavy atom. The van der Waals surface area contributed by atoms with Crippen molar-refractivity contribution in [2.75, 3.05) is 13.6 Å². The van der Waals surface area contributed by atoms with E-state index in [0.29, 0.717) is 6.54 Å². The molecular formula is C15H23N3O3. The van der Waals surface area contributed by atoms with Gasteiger partial charge in [0.15, 0.2) is 0 Å². The van der Waals surface area contributed by atoms with Crippen molar-refractivity contribution in [2.45, 2.75) is 39.3 Å². The lowest BCUT2D eigenvalue weighted by molar-refractivity contribution is -0.384. The monoisotopic (exact) mass is 293 g/mol. The van der Waals surface area contributed by atoms with Crippen molar-refractivity contribution in [3.63, 3.8) is 0 Å². The van der Waals surface area contributed by atoms with Gasteiger partial charge in [0, 0.05) is 19.2 Å². The molecule has 0 aliphatic rings. The summed E-state index contributed by atoms with van der Waals surface area (Å²) in [5.74, 6) is -0.0524. The van der Waals surface area contributed by atoms with E-state index < -0.39 is 10.5 Å². The number of hydrogen-bond donors (Lipinski definition) is 1. The third kappa shape index (κ3) is 4.01. The average Bonchev–Trinajstić information content (AvgIpc) is 2.44. The SMILES string of the molecule is CCNC(C)(C)C(=O)N(C)C(C)c1cccc([N+](=O)[O-])c1. The topological polar surface area (TPSA) is 75.5 Å². The van der Waals surface area contributed by atoms with Crippen LogP contribution in [0.4, 0.5) is 5.69 Å². The Balaban J connectivity index is 2.97. The van der Waals surface area contributed by atoms with Crippen molar-refractivity contribution in [3.05, 3.63) is 39.9 Å². The maximum absolute atomic E-state index is 12.5. The minimum Gasteiger partial charge on any atom is -0.337 e. The van der Waals surface area contributed by atoms with E-state index in [1.807, 2.05) is 27.7 Å². The molecule has 21 heavy (non-hydrogen) atoms. The summed E-state index contributed by atoms with van der Waals surface area (Å²) in [5, 5.41) is 14.0. The molecule has 1 aromatic rings. The molecule has 0 radical (unpaired) electrons. The van der Waals surface area contributed by atoms with Crippen LogP contribution in [0.5, 0.6) is 0 Å². The van der Waals surface area contributed by atoms with E-state index in [1.165, 1.54) is 12.1 Å². The second-order valence-corrected chi connectivity index (χ2v) is 5.60. The summed E-state index contributed by atoms with van der Waals surface area (Å²) in [4.78, 5) is 24.5. The van der Waals surface area contributed by atoms with Crippen LogP contribution in [0.15, 0.2) is 24.3 Å². The normalized spacial score (nSPS) is 12.8. The van der Waals surface area contributed by atoms with Gasteiger partial charge in [0.1, 0.15) is 0 Å². The van der Waals surface area contributed by atoms with Crippen molar-refractivity contribution in [1.29, 1.82) is 0 Å². The highest BCUT2D eigenvalue weighted by atomic mass is 16.6. The molecule has 0 heterocycles. The lowest BCUT2D eigenvalue weighted by Crippen LogP contribution is -2.53. The third-order valence-corrected chi connectivity index (χ3v) is 3.62. The minimum atomic E-state index is -0.668. The van der Waals surface area contributed by atoms with Gasteiger partial charge in [-0.15, -0.1) is 0 Å². The van der Waals surface area contributed by atoms with Crippen molar-refractivity contribution in [3.8, 4) is 0 Å². The standard InChI is InChI=1S/C15H23N3O3/c1-6-16-15(3,4)14(19)17(5)11(2)12-8-7-9-13(10-12)18(20)21/h7-11,16H,6H2,1-5H3. The number of carbonyl (C=O) groups excluding carboxylic acids is 1. The van der Waals surface area contributed by atoms with E-state index >= 15 is 0 Å². The van der Waals surface area contributed by atoms with Gasteiger partial charge in [0.05, 0.1) is 16.5 Å². The van der Waals surface area contributed by atoms with Gasteiger partial charge in [-0.1, -0.05) is 19.1 Å². The van der Waals surface area contributed by atoms with Gasteiger partial charge >= 0.3 is 0 Å². The molecule has 6 nitrogen and oxygen atoms in total. The molecule has 6 heteroatoms. The number of nitro groups is 1. The number of hydrogen-bond acceptors (Lipinski definition) is 4. The lowest BCUT2D eigenvalue weighted by atomic mass is 10.0. The molecule has 1 N–H and O–H groups in total. The van der Waals surface area contributed by atoms with Crippen molar-refractivity contribution in [2.24, 2.45) is 0 Å². The Bertz CT molecular complexity index is 529.